The summed E-state index contributed by atoms with van der Waals surface area (Å²) in [5, 5.41) is 8.90. The molecule has 1 fully saturated rings. The monoisotopic (exact) mass is 175 g/mol. The van der Waals surface area contributed by atoms with Gasteiger partial charge in [-0.15, -0.1) is 0 Å². The Kier molecular flexibility index (Phi) is 1.77. The topological polar surface area (TPSA) is 23.8 Å². The molecular weight excluding hydrogens is 158 g/mol. The Hall–Kier alpha value is -0.770. The lowest BCUT2D eigenvalue weighted by molar-refractivity contribution is -0.0103. The van der Waals surface area contributed by atoms with Crippen molar-refractivity contribution in [1.29, 1.82) is 5.26 Å². The normalized spacial score (nSPS) is 36.9. The van der Waals surface area contributed by atoms with Crippen molar-refractivity contribution in [2.24, 2.45) is 23.2 Å². The highest BCUT2D eigenvalue weighted by Crippen LogP contribution is 2.60. The maximum atomic E-state index is 8.90. The van der Waals surface area contributed by atoms with Gasteiger partial charge in [-0.25, -0.2) is 0 Å². The van der Waals surface area contributed by atoms with Crippen molar-refractivity contribution >= 4 is 0 Å². The first-order valence-corrected chi connectivity index (χ1v) is 5.17. The smallest absolute Gasteiger partial charge is 0.0697 e. The average Bonchev–Trinajstić information content (AvgIpc) is 2.16. The quantitative estimate of drug-likeness (QED) is 0.562. The van der Waals surface area contributed by atoms with Crippen molar-refractivity contribution in [1.82, 2.24) is 0 Å². The molecule has 0 aliphatic heterocycles. The summed E-state index contributed by atoms with van der Waals surface area (Å²) in [6, 6.07) is 2.36. The summed E-state index contributed by atoms with van der Waals surface area (Å²) >= 11 is 0. The van der Waals surface area contributed by atoms with E-state index in [4.69, 9.17) is 5.26 Å². The van der Waals surface area contributed by atoms with Gasteiger partial charge in [0.25, 0.3) is 0 Å². The fraction of sp³-hybridized carbons (Fsp3) is 0.750. The second-order valence-corrected chi connectivity index (χ2v) is 5.10. The van der Waals surface area contributed by atoms with Crippen LogP contribution in [0.1, 0.15) is 33.6 Å². The van der Waals surface area contributed by atoms with E-state index in [0.29, 0.717) is 11.3 Å². The highest BCUT2D eigenvalue weighted by atomic mass is 14.6. The van der Waals surface area contributed by atoms with Crippen molar-refractivity contribution in [3.05, 3.63) is 11.6 Å². The number of fused-ring (bicyclic) bond motifs is 1. The molecule has 3 aliphatic carbocycles. The Morgan fingerprint density at radius 3 is 2.77 bits per heavy atom. The number of rotatable bonds is 1. The van der Waals surface area contributed by atoms with Crippen LogP contribution < -0.4 is 0 Å². The highest BCUT2D eigenvalue weighted by molar-refractivity contribution is 5.27. The Labute approximate surface area is 80.4 Å². The average molecular weight is 175 g/mol. The summed E-state index contributed by atoms with van der Waals surface area (Å²) in [6.07, 6.45) is 4.84. The van der Waals surface area contributed by atoms with Crippen molar-refractivity contribution < 1.29 is 0 Å². The first-order chi connectivity index (χ1) is 6.07. The van der Waals surface area contributed by atoms with Gasteiger partial charge in [0.2, 0.25) is 0 Å². The summed E-state index contributed by atoms with van der Waals surface area (Å²) in [6.45, 7) is 6.73. The first kappa shape index (κ1) is 8.81. The number of allylic oxidation sites excluding steroid dienone is 2. The van der Waals surface area contributed by atoms with Crippen molar-refractivity contribution in [3.8, 4) is 6.07 Å². The fourth-order valence-electron chi connectivity index (χ4n) is 2.96. The van der Waals surface area contributed by atoms with Crippen LogP contribution in [0.3, 0.4) is 0 Å². The molecule has 0 saturated heterocycles. The second-order valence-electron chi connectivity index (χ2n) is 5.10. The van der Waals surface area contributed by atoms with Crippen LogP contribution in [0.4, 0.5) is 0 Å². The van der Waals surface area contributed by atoms with Gasteiger partial charge in [-0.3, -0.25) is 0 Å². The number of nitrogens with zero attached hydrogens (tertiary/aromatic N) is 1. The standard InChI is InChI=1S/C12H17N/c1-8(7-13)10-5-4-9-6-11(10)12(9,2)3/h5,8-9,11H,4,6H2,1-3H3. The van der Waals surface area contributed by atoms with Crippen LogP contribution in [0.5, 0.6) is 0 Å². The van der Waals surface area contributed by atoms with Gasteiger partial charge in [0.1, 0.15) is 0 Å². The largest absolute Gasteiger partial charge is 0.198 e. The molecule has 13 heavy (non-hydrogen) atoms. The predicted molar refractivity (Wildman–Crippen MR) is 52.9 cm³/mol. The lowest BCUT2D eigenvalue weighted by atomic mass is 9.48. The number of hydrogen-bond acceptors (Lipinski definition) is 1. The molecule has 3 atom stereocenters. The predicted octanol–water partition coefficient (Wildman–Crippen LogP) is 3.14. The minimum absolute atomic E-state index is 0.130. The van der Waals surface area contributed by atoms with Gasteiger partial charge < -0.3 is 0 Å². The molecule has 3 aliphatic rings. The Morgan fingerprint density at radius 1 is 1.62 bits per heavy atom. The van der Waals surface area contributed by atoms with Crippen LogP contribution in [0.2, 0.25) is 0 Å². The molecule has 70 valence electrons. The third kappa shape index (κ3) is 1.05. The molecule has 0 spiro atoms. The maximum Gasteiger partial charge on any atom is 0.0697 e. The van der Waals surface area contributed by atoms with Crippen LogP contribution in [-0.4, -0.2) is 0 Å². The summed E-state index contributed by atoms with van der Waals surface area (Å²) in [5.41, 5.74) is 1.88. The zero-order chi connectivity index (χ0) is 9.64. The molecule has 3 unspecified atom stereocenters. The van der Waals surface area contributed by atoms with Gasteiger partial charge in [-0.05, 0) is 37.0 Å². The SMILES string of the molecule is CC(C#N)C1=CCC2CC1C2(C)C. The van der Waals surface area contributed by atoms with Gasteiger partial charge in [0.05, 0.1) is 12.0 Å². The van der Waals surface area contributed by atoms with E-state index in [0.717, 1.165) is 5.92 Å². The van der Waals surface area contributed by atoms with Crippen molar-refractivity contribution in [2.75, 3.05) is 0 Å². The zero-order valence-corrected chi connectivity index (χ0v) is 8.67. The van der Waals surface area contributed by atoms with E-state index >= 15 is 0 Å². The maximum absolute atomic E-state index is 8.90. The van der Waals surface area contributed by atoms with E-state index in [2.05, 4.69) is 26.0 Å². The molecule has 0 aromatic rings. The molecule has 0 amide bonds. The molecular formula is C12H17N. The fourth-order valence-corrected chi connectivity index (χ4v) is 2.96. The van der Waals surface area contributed by atoms with Crippen molar-refractivity contribution in [2.45, 2.75) is 33.6 Å². The summed E-state index contributed by atoms with van der Waals surface area (Å²) in [7, 11) is 0. The van der Waals surface area contributed by atoms with Gasteiger partial charge in [-0.1, -0.05) is 25.5 Å². The van der Waals surface area contributed by atoms with Crippen LogP contribution in [0, 0.1) is 34.5 Å². The van der Waals surface area contributed by atoms with E-state index in [9.17, 15) is 0 Å². The second kappa shape index (κ2) is 2.61. The van der Waals surface area contributed by atoms with E-state index in [-0.39, 0.29) is 5.92 Å². The molecule has 0 aromatic carbocycles. The van der Waals surface area contributed by atoms with Crippen LogP contribution in [0.25, 0.3) is 0 Å². The molecule has 3 rings (SSSR count). The van der Waals surface area contributed by atoms with Crippen LogP contribution in [-0.2, 0) is 0 Å². The molecule has 0 heterocycles. The minimum atomic E-state index is 0.130. The first-order valence-electron chi connectivity index (χ1n) is 5.17. The Morgan fingerprint density at radius 2 is 2.31 bits per heavy atom. The Bertz CT molecular complexity index is 293. The molecule has 0 N–H and O–H groups in total. The van der Waals surface area contributed by atoms with Gasteiger partial charge in [0, 0.05) is 0 Å². The lowest BCUT2D eigenvalue weighted by Crippen LogP contribution is -2.48. The summed E-state index contributed by atoms with van der Waals surface area (Å²) in [4.78, 5) is 0. The highest BCUT2D eigenvalue weighted by Gasteiger charge is 2.51. The third-order valence-corrected chi connectivity index (χ3v) is 4.20. The van der Waals surface area contributed by atoms with Crippen LogP contribution in [0.15, 0.2) is 11.6 Å². The third-order valence-electron chi connectivity index (χ3n) is 4.20. The molecule has 0 aromatic heterocycles. The number of hydrogen-bond donors (Lipinski definition) is 0. The lowest BCUT2D eigenvalue weighted by Gasteiger charge is -2.57. The summed E-state index contributed by atoms with van der Waals surface area (Å²) in [5.74, 6) is 1.71. The van der Waals surface area contributed by atoms with E-state index < -0.39 is 0 Å². The molecule has 2 bridgehead atoms. The van der Waals surface area contributed by atoms with E-state index in [1.807, 2.05) is 6.92 Å². The van der Waals surface area contributed by atoms with Crippen LogP contribution >= 0.6 is 0 Å². The van der Waals surface area contributed by atoms with E-state index in [1.165, 1.54) is 18.4 Å². The molecule has 1 saturated carbocycles. The van der Waals surface area contributed by atoms with Gasteiger partial charge in [0.15, 0.2) is 0 Å². The van der Waals surface area contributed by atoms with Gasteiger partial charge in [-0.2, -0.15) is 5.26 Å². The zero-order valence-electron chi connectivity index (χ0n) is 8.67. The number of nitriles is 1. The molecule has 0 radical (unpaired) electrons. The summed E-state index contributed by atoms with van der Waals surface area (Å²) < 4.78 is 0. The van der Waals surface area contributed by atoms with Crippen molar-refractivity contribution in [3.63, 3.8) is 0 Å². The molecule has 1 heteroatoms. The molecule has 1 nitrogen and oxygen atoms in total. The minimum Gasteiger partial charge on any atom is -0.198 e. The van der Waals surface area contributed by atoms with E-state index in [1.54, 1.807) is 0 Å². The Balaban J connectivity index is 2.24. The van der Waals surface area contributed by atoms with Gasteiger partial charge >= 0.3 is 0 Å².